The second-order valence-electron chi connectivity index (χ2n) is 28.7. The molecule has 0 radical (unpaired) electrons. The summed E-state index contributed by atoms with van der Waals surface area (Å²) < 4.78 is 25.4. The lowest BCUT2D eigenvalue weighted by Gasteiger charge is -2.26. The second-order valence-corrected chi connectivity index (χ2v) is 28.7. The zero-order valence-corrected chi connectivity index (χ0v) is 79.0. The second kappa shape index (κ2) is 96.4. The van der Waals surface area contributed by atoms with Gasteiger partial charge >= 0.3 is 90.6 Å². The van der Waals surface area contributed by atoms with Gasteiger partial charge in [-0.15, -0.1) is 13.2 Å². The summed E-state index contributed by atoms with van der Waals surface area (Å²) in [5.41, 5.74) is 7.75. The fraction of sp³-hybridized carbons (Fsp3) is 0.452. The number of epoxide rings is 3. The highest BCUT2D eigenvalue weighted by Crippen LogP contribution is 2.31. The molecule has 14 N–H and O–H groups in total. The van der Waals surface area contributed by atoms with Crippen LogP contribution in [0.25, 0.3) is 24.3 Å². The van der Waals surface area contributed by atoms with Gasteiger partial charge in [-0.1, -0.05) is 155 Å². The minimum Gasteiger partial charge on any atom is -0.480 e. The van der Waals surface area contributed by atoms with E-state index in [9.17, 15) is 58.5 Å². The van der Waals surface area contributed by atoms with Gasteiger partial charge in [-0.3, -0.25) is 67.7 Å². The fourth-order valence-electron chi connectivity index (χ4n) is 10.3. The van der Waals surface area contributed by atoms with E-state index < -0.39 is 98.2 Å². The topological polar surface area (TPSA) is 707 Å². The Hall–Kier alpha value is -13.9. The van der Waals surface area contributed by atoms with Crippen LogP contribution in [0.4, 0.5) is 0 Å². The van der Waals surface area contributed by atoms with Gasteiger partial charge in [-0.2, -0.15) is 57.5 Å². The Morgan fingerprint density at radius 2 is 0.709 bits per heavy atom. The van der Waals surface area contributed by atoms with E-state index in [2.05, 4.69) is 106 Å². The van der Waals surface area contributed by atoms with Crippen molar-refractivity contribution in [2.24, 2.45) is 0 Å². The smallest absolute Gasteiger partial charge is 0.373 e. The van der Waals surface area contributed by atoms with Crippen molar-refractivity contribution in [1.82, 2.24) is 49.8 Å². The number of hydrogen-bond donors (Lipinski definition) is 14. The molecule has 0 aliphatic carbocycles. The summed E-state index contributed by atoms with van der Waals surface area (Å²) >= 11 is 0. The SMILES string of the molecule is C.C=CCOCC(O)CN(C)CCN(CC(=O)O)CC(=O)O.C=CCOCC1CO1.C=Cc1ccc(C(O)CN(CCN(CC(=O)O)CC(=O)O)CC(=O)O)cc1.C=Cc1ccc(C2CO2)cc1.C=Cc1cccc(C(O)CN(CCN(CC(=O)O)CC(=O)O)CC(=O)O)c1.C=Cc1cccc(C2CO2)c1.CN(C)CCNCC(=O)O.CNCCN(C)C.O=C=O.O=C=O.O=C=O.O=C=O.O=C=O.O=C=O. The van der Waals surface area contributed by atoms with E-state index in [1.54, 1.807) is 78.7 Å². The molecule has 48 nitrogen and oxygen atoms in total. The predicted molar refractivity (Wildman–Crippen MR) is 500 cm³/mol. The number of hydrogen-bond acceptors (Lipinski definition) is 39. The van der Waals surface area contributed by atoms with Gasteiger partial charge in [0.1, 0.15) is 18.3 Å². The van der Waals surface area contributed by atoms with Crippen molar-refractivity contribution in [3.63, 3.8) is 0 Å². The molecule has 141 heavy (non-hydrogen) atoms. The molecule has 4 aromatic carbocycles. The highest BCUT2D eigenvalue weighted by atomic mass is 16.6. The maximum Gasteiger partial charge on any atom is 0.373 e. The molecule has 0 spiro atoms. The number of likely N-dealkylation sites (N-methyl/N-ethyl adjacent to an activating group) is 4. The van der Waals surface area contributed by atoms with Crippen molar-refractivity contribution in [2.75, 3.05) is 233 Å². The molecule has 3 aliphatic rings. The predicted octanol–water partition coefficient (Wildman–Crippen LogP) is 0.909. The number of nitrogens with zero attached hydrogens (tertiary/aromatic N) is 8. The minimum absolute atomic E-state index is 0. The van der Waals surface area contributed by atoms with Crippen LogP contribution < -0.4 is 10.6 Å². The van der Waals surface area contributed by atoms with Crippen LogP contribution in [0.1, 0.15) is 76.4 Å². The summed E-state index contributed by atoms with van der Waals surface area (Å²) in [5.74, 6) is -9.87. The number of aliphatic hydroxyl groups is 3. The first-order chi connectivity index (χ1) is 66.4. The zero-order chi connectivity index (χ0) is 108. The molecule has 784 valence electrons. The summed E-state index contributed by atoms with van der Waals surface area (Å²) in [5, 5.41) is 115. The van der Waals surface area contributed by atoms with Crippen molar-refractivity contribution in [1.29, 1.82) is 0 Å². The molecule has 3 fully saturated rings. The number of carboxylic acids is 9. The molecule has 4 aromatic rings. The molecule has 3 aliphatic heterocycles. The number of rotatable bonds is 55. The normalized spacial score (nSPS) is 12.8. The number of aliphatic hydroxyl groups excluding tert-OH is 3. The third kappa shape index (κ3) is 100. The average molecular weight is 2000 g/mol. The van der Waals surface area contributed by atoms with E-state index in [0.29, 0.717) is 55.7 Å². The number of carbonyl (C=O) groups excluding carboxylic acids is 12. The van der Waals surface area contributed by atoms with Crippen molar-refractivity contribution in [2.45, 2.75) is 44.1 Å². The first kappa shape index (κ1) is 142. The maximum absolute atomic E-state index is 11.1. The van der Waals surface area contributed by atoms with E-state index in [-0.39, 0.29) is 129 Å². The molecular formula is C93H134N10O38. The molecule has 6 unspecified atom stereocenters. The Morgan fingerprint density at radius 3 is 1.04 bits per heavy atom. The first-order valence-electron chi connectivity index (χ1n) is 41.4. The summed E-state index contributed by atoms with van der Waals surface area (Å²) in [6.45, 7) is 28.1. The summed E-state index contributed by atoms with van der Waals surface area (Å²) in [6, 6.07) is 30.5. The van der Waals surface area contributed by atoms with Crippen molar-refractivity contribution in [3.05, 3.63) is 193 Å². The Bertz CT molecular complexity index is 4220. The lowest BCUT2D eigenvalue weighted by atomic mass is 10.1. The number of nitrogens with one attached hydrogen (secondary N) is 2. The number of carbonyl (C=O) groups is 9. The van der Waals surface area contributed by atoms with Gasteiger partial charge in [0, 0.05) is 85.1 Å². The monoisotopic (exact) mass is 2000 g/mol. The van der Waals surface area contributed by atoms with Gasteiger partial charge in [-0.05, 0) is 98.9 Å². The molecule has 0 aromatic heterocycles. The van der Waals surface area contributed by atoms with Crippen LogP contribution in [0.2, 0.25) is 0 Å². The number of carboxylic acid groups (broad SMARTS) is 9. The molecule has 48 heteroatoms. The van der Waals surface area contributed by atoms with Crippen LogP contribution in [-0.2, 0) is 124 Å². The Labute approximate surface area is 816 Å². The standard InChI is InChI=1S/2C18H24N2O7.C13H24N2O6.2C10H10O.C6H14N2O2.C6H10O2.C5H14N2.6CO2.CH4/c1-2-13-3-5-14(6-4-13)15(21)9-19(10-16(22)23)7-8-20(11-17(24)25)12-18(26)27;1-2-13-4-3-5-14(8-13)15(21)9-19(10-16(22)23)6-7-20(11-17(24)25)12-18(26)27;1-3-6-21-10-11(16)7-14(2)4-5-15(8-12(17)18)9-13(19)20;1-2-8-3-5-9(6-4-8)10-7-11-10;1-2-8-4-3-5-9(6-8)10-7-11-10;1-8(2)4-3-7-5-6(9)10;1-2-3-7-4-6-5-8-6;1-6-4-5-7(2)3;6*2-1-3;/h2-6,15,21H,1,7-12H2,(H,22,23)(H,24,25)(H,26,27);2-5,8,15,21H,1,6-7,9-12H2,(H,22,23)(H,24,25)(H,26,27);3,11,16H,1,4-10H2,2H3,(H,17,18)(H,19,20);2*2-6,10H,1,7H2;7H,3-5H2,1-2H3,(H,9,10);2,6H,1,3-5H2;6H,4-5H2,1-3H3;;;;;;;1H4. The Morgan fingerprint density at radius 1 is 0.390 bits per heavy atom. The summed E-state index contributed by atoms with van der Waals surface area (Å²) in [4.78, 5) is 207. The largest absolute Gasteiger partial charge is 0.480 e. The van der Waals surface area contributed by atoms with E-state index in [1.165, 1.54) is 35.6 Å². The van der Waals surface area contributed by atoms with E-state index in [4.69, 9.17) is 127 Å². The van der Waals surface area contributed by atoms with Gasteiger partial charge in [0.15, 0.2) is 0 Å². The van der Waals surface area contributed by atoms with E-state index in [1.807, 2.05) is 56.4 Å². The van der Waals surface area contributed by atoms with Crippen molar-refractivity contribution < 1.29 is 186 Å². The molecule has 0 bridgehead atoms. The van der Waals surface area contributed by atoms with Gasteiger partial charge in [-0.25, -0.2) is 0 Å². The highest BCUT2D eigenvalue weighted by molar-refractivity contribution is 5.74. The minimum atomic E-state index is -1.18. The quantitative estimate of drug-likeness (QED) is 0.0166. The third-order valence-corrected chi connectivity index (χ3v) is 16.6. The summed E-state index contributed by atoms with van der Waals surface area (Å²) in [7, 11) is 11.7. The van der Waals surface area contributed by atoms with Crippen LogP contribution in [-0.4, -0.2) is 436 Å². The third-order valence-electron chi connectivity index (χ3n) is 16.6. The molecule has 0 saturated carbocycles. The van der Waals surface area contributed by atoms with Crippen LogP contribution in [0, 0.1) is 0 Å². The van der Waals surface area contributed by atoms with Crippen molar-refractivity contribution in [3.8, 4) is 0 Å². The highest BCUT2D eigenvalue weighted by Gasteiger charge is 2.27. The van der Waals surface area contributed by atoms with Gasteiger partial charge < -0.3 is 110 Å². The van der Waals surface area contributed by atoms with E-state index >= 15 is 0 Å². The maximum atomic E-state index is 11.1. The molecule has 3 heterocycles. The lowest BCUT2D eigenvalue weighted by molar-refractivity contribution is -0.193. The lowest BCUT2D eigenvalue weighted by Crippen LogP contribution is -2.43. The van der Waals surface area contributed by atoms with Crippen LogP contribution in [0.15, 0.2) is 149 Å². The number of aliphatic carboxylic acids is 9. The molecular weight excluding hydrogens is 1870 g/mol. The fourth-order valence-corrected chi connectivity index (χ4v) is 10.3. The van der Waals surface area contributed by atoms with Gasteiger partial charge in [0.05, 0.1) is 123 Å². The molecule has 6 atom stereocenters. The Balaban J connectivity index is -0.000000241. The number of ether oxygens (including phenoxy) is 5. The van der Waals surface area contributed by atoms with Crippen LogP contribution in [0.5, 0.6) is 0 Å². The average Bonchev–Trinajstić information content (AvgIpc) is 1.81. The molecule has 0 amide bonds. The molecule has 3 saturated heterocycles. The van der Waals surface area contributed by atoms with Crippen molar-refractivity contribution >= 4 is 115 Å². The Kier molecular flexibility index (Phi) is 97.4. The van der Waals surface area contributed by atoms with E-state index in [0.717, 1.165) is 74.9 Å². The summed E-state index contributed by atoms with van der Waals surface area (Å²) in [6.07, 6.45) is 10.3. The first-order valence-corrected chi connectivity index (χ1v) is 41.4. The van der Waals surface area contributed by atoms with Crippen LogP contribution in [0.3, 0.4) is 0 Å². The number of benzene rings is 4. The van der Waals surface area contributed by atoms with Gasteiger partial charge in [0.2, 0.25) is 0 Å². The van der Waals surface area contributed by atoms with Crippen LogP contribution >= 0.6 is 0 Å². The zero-order valence-electron chi connectivity index (χ0n) is 79.0. The molecule has 7 rings (SSSR count). The van der Waals surface area contributed by atoms with Gasteiger partial charge in [0.25, 0.3) is 0 Å².